The van der Waals surface area contributed by atoms with Crippen molar-refractivity contribution in [2.75, 3.05) is 20.4 Å². The van der Waals surface area contributed by atoms with E-state index in [0.717, 1.165) is 0 Å². The molecule has 4 rings (SSSR count). The fourth-order valence-electron chi connectivity index (χ4n) is 3.95. The summed E-state index contributed by atoms with van der Waals surface area (Å²) in [6, 6.07) is 27.7. The molecule has 3 heteroatoms. The Labute approximate surface area is 160 Å². The fraction of sp³-hybridized carbons (Fsp3) is 0.167. The van der Waals surface area contributed by atoms with E-state index in [1.807, 2.05) is 6.07 Å². The van der Waals surface area contributed by atoms with Crippen molar-refractivity contribution in [3.05, 3.63) is 108 Å². The maximum absolute atomic E-state index is 5.53. The molecule has 1 aliphatic carbocycles. The van der Waals surface area contributed by atoms with Crippen LogP contribution in [0, 0.1) is 0 Å². The van der Waals surface area contributed by atoms with Crippen LogP contribution in [0.4, 0.5) is 0 Å². The quantitative estimate of drug-likeness (QED) is 0.492. The van der Waals surface area contributed by atoms with Gasteiger partial charge in [-0.15, -0.1) is 0 Å². The summed E-state index contributed by atoms with van der Waals surface area (Å²) in [7, 11) is 1.61. The minimum Gasteiger partial charge on any atom is -0.471 e. The van der Waals surface area contributed by atoms with Gasteiger partial charge in [0.1, 0.15) is 5.76 Å². The summed E-state index contributed by atoms with van der Waals surface area (Å²) in [6.07, 6.45) is 0. The number of ether oxygens (including phenoxy) is 2. The van der Waals surface area contributed by atoms with E-state index in [9.17, 15) is 0 Å². The van der Waals surface area contributed by atoms with Crippen molar-refractivity contribution in [1.29, 1.82) is 0 Å². The molecule has 3 aromatic rings. The summed E-state index contributed by atoms with van der Waals surface area (Å²) >= 11 is 0. The van der Waals surface area contributed by atoms with Crippen LogP contribution in [0.1, 0.15) is 16.7 Å². The van der Waals surface area contributed by atoms with Gasteiger partial charge in [-0.3, -0.25) is 5.32 Å². The Morgan fingerprint density at radius 3 is 2.00 bits per heavy atom. The Kier molecular flexibility index (Phi) is 4.80. The zero-order valence-electron chi connectivity index (χ0n) is 15.4. The van der Waals surface area contributed by atoms with E-state index >= 15 is 0 Å². The van der Waals surface area contributed by atoms with E-state index < -0.39 is 5.54 Å². The molecule has 0 spiro atoms. The summed E-state index contributed by atoms with van der Waals surface area (Å²) < 4.78 is 10.5. The van der Waals surface area contributed by atoms with E-state index in [1.54, 1.807) is 7.11 Å². The average molecular weight is 357 g/mol. The van der Waals surface area contributed by atoms with E-state index in [4.69, 9.17) is 9.47 Å². The van der Waals surface area contributed by atoms with Gasteiger partial charge >= 0.3 is 0 Å². The Balaban J connectivity index is 1.85. The third-order valence-electron chi connectivity index (χ3n) is 5.09. The molecule has 0 saturated carbocycles. The zero-order valence-corrected chi connectivity index (χ0v) is 15.4. The van der Waals surface area contributed by atoms with Crippen LogP contribution in [0.25, 0.3) is 11.1 Å². The van der Waals surface area contributed by atoms with Crippen LogP contribution in [0.3, 0.4) is 0 Å². The molecule has 1 N–H and O–H groups in total. The van der Waals surface area contributed by atoms with Crippen LogP contribution in [0.5, 0.6) is 0 Å². The summed E-state index contributed by atoms with van der Waals surface area (Å²) in [6.45, 7) is 4.74. The van der Waals surface area contributed by atoms with Crippen LogP contribution in [-0.2, 0) is 15.0 Å². The summed E-state index contributed by atoms with van der Waals surface area (Å²) in [4.78, 5) is 0. The van der Waals surface area contributed by atoms with Gasteiger partial charge in [0.2, 0.25) is 0 Å². The highest BCUT2D eigenvalue weighted by molar-refractivity contribution is 5.83. The molecule has 0 fully saturated rings. The first-order valence-corrected chi connectivity index (χ1v) is 9.07. The maximum atomic E-state index is 5.53. The number of hydrogen-bond acceptors (Lipinski definition) is 3. The normalized spacial score (nSPS) is 13.7. The summed E-state index contributed by atoms with van der Waals surface area (Å²) in [5.41, 5.74) is 5.75. The molecule has 0 radical (unpaired) electrons. The van der Waals surface area contributed by atoms with Crippen LogP contribution >= 0.6 is 0 Å². The monoisotopic (exact) mass is 357 g/mol. The maximum Gasteiger partial charge on any atom is 0.188 e. The van der Waals surface area contributed by atoms with Gasteiger partial charge < -0.3 is 9.47 Å². The number of hydrogen-bond donors (Lipinski definition) is 1. The van der Waals surface area contributed by atoms with E-state index in [-0.39, 0.29) is 6.79 Å². The molecule has 0 bridgehead atoms. The molecule has 0 heterocycles. The number of nitrogens with one attached hydrogen (secondary N) is 1. The summed E-state index contributed by atoms with van der Waals surface area (Å²) in [5, 5.41) is 3.75. The van der Waals surface area contributed by atoms with Crippen molar-refractivity contribution in [2.45, 2.75) is 5.54 Å². The van der Waals surface area contributed by atoms with E-state index in [1.165, 1.54) is 27.8 Å². The van der Waals surface area contributed by atoms with Gasteiger partial charge in [0.25, 0.3) is 0 Å². The third-order valence-corrected chi connectivity index (χ3v) is 5.09. The Hall–Kier alpha value is -2.88. The second-order valence-corrected chi connectivity index (χ2v) is 6.65. The number of rotatable bonds is 7. The highest BCUT2D eigenvalue weighted by atomic mass is 16.7. The molecule has 0 unspecified atom stereocenters. The van der Waals surface area contributed by atoms with E-state index in [2.05, 4.69) is 84.7 Å². The molecule has 3 aromatic carbocycles. The molecule has 0 atom stereocenters. The third kappa shape index (κ3) is 2.95. The number of benzene rings is 3. The largest absolute Gasteiger partial charge is 0.471 e. The smallest absolute Gasteiger partial charge is 0.188 e. The van der Waals surface area contributed by atoms with Crippen LogP contribution in [-0.4, -0.2) is 20.4 Å². The number of methoxy groups -OCH3 is 1. The first-order valence-electron chi connectivity index (χ1n) is 9.07. The van der Waals surface area contributed by atoms with Crippen molar-refractivity contribution >= 4 is 0 Å². The van der Waals surface area contributed by atoms with Gasteiger partial charge in [0, 0.05) is 7.11 Å². The van der Waals surface area contributed by atoms with Crippen molar-refractivity contribution in [1.82, 2.24) is 5.32 Å². The van der Waals surface area contributed by atoms with Crippen LogP contribution in [0.2, 0.25) is 0 Å². The molecule has 27 heavy (non-hydrogen) atoms. The second kappa shape index (κ2) is 7.39. The topological polar surface area (TPSA) is 30.5 Å². The van der Waals surface area contributed by atoms with E-state index in [0.29, 0.717) is 12.3 Å². The number of fused-ring (bicyclic) bond motifs is 3. The standard InChI is InChI=1S/C24H23NO2/c1-18(27-17-26-2)16-25-24(19-10-4-3-5-11-19)22-14-8-6-12-20(22)21-13-7-9-15-23(21)24/h3-15,25H,1,16-17H2,2H3. The molecule has 0 aliphatic heterocycles. The lowest BCUT2D eigenvalue weighted by molar-refractivity contribution is 0.00374. The molecule has 1 aliphatic rings. The lowest BCUT2D eigenvalue weighted by Crippen LogP contribution is -2.44. The van der Waals surface area contributed by atoms with Gasteiger partial charge in [-0.2, -0.15) is 0 Å². The highest BCUT2D eigenvalue weighted by Crippen LogP contribution is 2.50. The predicted molar refractivity (Wildman–Crippen MR) is 108 cm³/mol. The van der Waals surface area contributed by atoms with Gasteiger partial charge in [-0.05, 0) is 27.8 Å². The minimum absolute atomic E-state index is 0.200. The first kappa shape index (κ1) is 17.5. The minimum atomic E-state index is -0.451. The second-order valence-electron chi connectivity index (χ2n) is 6.65. The summed E-state index contributed by atoms with van der Waals surface area (Å²) in [5.74, 6) is 0.647. The van der Waals surface area contributed by atoms with Gasteiger partial charge in [0.15, 0.2) is 6.79 Å². The van der Waals surface area contributed by atoms with Crippen molar-refractivity contribution in [3.8, 4) is 11.1 Å². The molecule has 0 aromatic heterocycles. The predicted octanol–water partition coefficient (Wildman–Crippen LogP) is 4.68. The van der Waals surface area contributed by atoms with Crippen LogP contribution in [0.15, 0.2) is 91.2 Å². The lowest BCUT2D eigenvalue weighted by atomic mass is 9.80. The highest BCUT2D eigenvalue weighted by Gasteiger charge is 2.44. The van der Waals surface area contributed by atoms with Crippen LogP contribution < -0.4 is 5.32 Å². The molecular formula is C24H23NO2. The fourth-order valence-corrected chi connectivity index (χ4v) is 3.95. The Morgan fingerprint density at radius 2 is 1.41 bits per heavy atom. The zero-order chi connectivity index (χ0) is 18.7. The van der Waals surface area contributed by atoms with Gasteiger partial charge in [0.05, 0.1) is 12.1 Å². The van der Waals surface area contributed by atoms with Crippen molar-refractivity contribution in [2.24, 2.45) is 0 Å². The SMILES string of the molecule is C=C(CNC1(c2ccccc2)c2ccccc2-c2ccccc21)OCOC. The molecular weight excluding hydrogens is 334 g/mol. The van der Waals surface area contributed by atoms with Gasteiger partial charge in [-0.25, -0.2) is 0 Å². The first-order chi connectivity index (χ1) is 13.3. The Bertz CT molecular complexity index is 904. The molecule has 0 amide bonds. The molecule has 136 valence electrons. The molecule has 0 saturated heterocycles. The van der Waals surface area contributed by atoms with Gasteiger partial charge in [-0.1, -0.05) is 85.4 Å². The average Bonchev–Trinajstić information content (AvgIpc) is 3.02. The Morgan fingerprint density at radius 1 is 0.852 bits per heavy atom. The lowest BCUT2D eigenvalue weighted by Gasteiger charge is -2.34. The van der Waals surface area contributed by atoms with Crippen molar-refractivity contribution in [3.63, 3.8) is 0 Å². The van der Waals surface area contributed by atoms with Crippen molar-refractivity contribution < 1.29 is 9.47 Å². The molecule has 3 nitrogen and oxygen atoms in total.